The number of hydrogen-bond donors (Lipinski definition) is 3. The third kappa shape index (κ3) is 3.16. The molecule has 0 saturated heterocycles. The van der Waals surface area contributed by atoms with Crippen LogP contribution < -0.4 is 10.2 Å². The van der Waals surface area contributed by atoms with Gasteiger partial charge in [0.05, 0.1) is 10.6 Å². The van der Waals surface area contributed by atoms with Gasteiger partial charge in [-0.05, 0) is 29.7 Å². The van der Waals surface area contributed by atoms with Gasteiger partial charge in [0.15, 0.2) is 0 Å². The summed E-state index contributed by atoms with van der Waals surface area (Å²) in [6.45, 7) is 0. The van der Waals surface area contributed by atoms with Gasteiger partial charge in [-0.2, -0.15) is 0 Å². The average molecular weight is 295 g/mol. The first-order chi connectivity index (χ1) is 9.40. The standard InChI is InChI=1S/C12H11BFNO4S/c14-11-6-1-2-7-12(11)15-20(18,19)10-5-3-4-9(8-10)13(16)17/h1-8,15-17H. The molecule has 104 valence electrons. The Labute approximate surface area is 115 Å². The summed E-state index contributed by atoms with van der Waals surface area (Å²) in [4.78, 5) is -0.189. The summed E-state index contributed by atoms with van der Waals surface area (Å²) in [7, 11) is -5.78. The van der Waals surface area contributed by atoms with Crippen molar-refractivity contribution in [3.63, 3.8) is 0 Å². The fourth-order valence-corrected chi connectivity index (χ4v) is 2.71. The van der Waals surface area contributed by atoms with Gasteiger partial charge in [0, 0.05) is 0 Å². The van der Waals surface area contributed by atoms with Gasteiger partial charge < -0.3 is 10.0 Å². The first-order valence-electron chi connectivity index (χ1n) is 5.63. The highest BCUT2D eigenvalue weighted by Gasteiger charge is 2.19. The van der Waals surface area contributed by atoms with E-state index >= 15 is 0 Å². The van der Waals surface area contributed by atoms with Gasteiger partial charge in [0.1, 0.15) is 5.82 Å². The van der Waals surface area contributed by atoms with Crippen molar-refractivity contribution < 1.29 is 22.9 Å². The monoisotopic (exact) mass is 295 g/mol. The molecule has 0 spiro atoms. The van der Waals surface area contributed by atoms with Crippen LogP contribution in [0.5, 0.6) is 0 Å². The topological polar surface area (TPSA) is 86.6 Å². The molecule has 0 atom stereocenters. The van der Waals surface area contributed by atoms with Crippen LogP contribution in [-0.4, -0.2) is 25.6 Å². The molecule has 0 unspecified atom stereocenters. The third-order valence-electron chi connectivity index (χ3n) is 2.58. The molecule has 2 aromatic carbocycles. The van der Waals surface area contributed by atoms with Crippen LogP contribution in [0.25, 0.3) is 0 Å². The second kappa shape index (κ2) is 5.62. The van der Waals surface area contributed by atoms with E-state index in [0.29, 0.717) is 0 Å². The summed E-state index contributed by atoms with van der Waals surface area (Å²) in [5.41, 5.74) is -0.149. The normalized spacial score (nSPS) is 11.2. The summed E-state index contributed by atoms with van der Waals surface area (Å²) in [6, 6.07) is 10.5. The summed E-state index contributed by atoms with van der Waals surface area (Å²) in [5, 5.41) is 18.1. The second-order valence-electron chi connectivity index (χ2n) is 4.03. The number of benzene rings is 2. The molecular weight excluding hydrogens is 284 g/mol. The smallest absolute Gasteiger partial charge is 0.423 e. The molecule has 2 rings (SSSR count). The number of anilines is 1. The van der Waals surface area contributed by atoms with Crippen LogP contribution in [0, 0.1) is 5.82 Å². The molecule has 0 radical (unpaired) electrons. The Kier molecular flexibility index (Phi) is 4.08. The highest BCUT2D eigenvalue weighted by molar-refractivity contribution is 7.92. The molecule has 0 aromatic heterocycles. The summed E-state index contributed by atoms with van der Waals surface area (Å²) < 4.78 is 39.7. The maximum atomic E-state index is 13.4. The predicted octanol–water partition coefficient (Wildman–Crippen LogP) is 0.306. The fraction of sp³-hybridized carbons (Fsp3) is 0. The lowest BCUT2D eigenvalue weighted by molar-refractivity contribution is 0.425. The van der Waals surface area contributed by atoms with Crippen molar-refractivity contribution in [2.24, 2.45) is 0 Å². The van der Waals surface area contributed by atoms with E-state index in [1.165, 1.54) is 36.4 Å². The number of nitrogens with one attached hydrogen (secondary N) is 1. The number of para-hydroxylation sites is 1. The third-order valence-corrected chi connectivity index (χ3v) is 3.95. The molecule has 20 heavy (non-hydrogen) atoms. The molecule has 0 aliphatic carbocycles. The first-order valence-corrected chi connectivity index (χ1v) is 7.12. The van der Waals surface area contributed by atoms with Crippen molar-refractivity contribution in [3.05, 3.63) is 54.3 Å². The Morgan fingerprint density at radius 2 is 1.75 bits per heavy atom. The van der Waals surface area contributed by atoms with Gasteiger partial charge in [0.2, 0.25) is 0 Å². The van der Waals surface area contributed by atoms with Crippen molar-refractivity contribution in [2.45, 2.75) is 4.90 Å². The number of sulfonamides is 1. The Morgan fingerprint density at radius 1 is 1.05 bits per heavy atom. The van der Waals surface area contributed by atoms with Crippen LogP contribution in [0.3, 0.4) is 0 Å². The zero-order chi connectivity index (χ0) is 14.8. The van der Waals surface area contributed by atoms with Crippen molar-refractivity contribution in [3.8, 4) is 0 Å². The molecule has 0 heterocycles. The molecule has 5 nitrogen and oxygen atoms in total. The van der Waals surface area contributed by atoms with Crippen molar-refractivity contribution in [1.82, 2.24) is 0 Å². The molecule has 0 amide bonds. The van der Waals surface area contributed by atoms with Gasteiger partial charge in [-0.1, -0.05) is 24.3 Å². The summed E-state index contributed by atoms with van der Waals surface area (Å²) in [5.74, 6) is -0.700. The minimum atomic E-state index is -4.00. The molecule has 0 aliphatic heterocycles. The van der Waals surface area contributed by atoms with Gasteiger partial charge in [0.25, 0.3) is 10.0 Å². The van der Waals surface area contributed by atoms with E-state index in [9.17, 15) is 12.8 Å². The Bertz CT molecular complexity index is 721. The molecular formula is C12H11BFNO4S. The van der Waals surface area contributed by atoms with E-state index in [1.54, 1.807) is 0 Å². The lowest BCUT2D eigenvalue weighted by atomic mass is 9.81. The minimum Gasteiger partial charge on any atom is -0.423 e. The van der Waals surface area contributed by atoms with Crippen LogP contribution in [0.2, 0.25) is 0 Å². The zero-order valence-corrected chi connectivity index (χ0v) is 11.0. The lowest BCUT2D eigenvalue weighted by Gasteiger charge is -2.09. The van der Waals surface area contributed by atoms with E-state index in [4.69, 9.17) is 10.0 Å². The van der Waals surface area contributed by atoms with Crippen molar-refractivity contribution >= 4 is 28.3 Å². The highest BCUT2D eigenvalue weighted by atomic mass is 32.2. The van der Waals surface area contributed by atoms with Gasteiger partial charge in [-0.15, -0.1) is 0 Å². The summed E-state index contributed by atoms with van der Waals surface area (Å²) in [6.07, 6.45) is 0. The maximum Gasteiger partial charge on any atom is 0.488 e. The largest absolute Gasteiger partial charge is 0.488 e. The lowest BCUT2D eigenvalue weighted by Crippen LogP contribution is -2.30. The summed E-state index contributed by atoms with van der Waals surface area (Å²) >= 11 is 0. The van der Waals surface area contributed by atoms with E-state index in [-0.39, 0.29) is 16.0 Å². The molecule has 3 N–H and O–H groups in total. The maximum absolute atomic E-state index is 13.4. The molecule has 2 aromatic rings. The minimum absolute atomic E-state index is 0.0291. The van der Waals surface area contributed by atoms with Crippen LogP contribution >= 0.6 is 0 Å². The average Bonchev–Trinajstić information content (AvgIpc) is 2.41. The quantitative estimate of drug-likeness (QED) is 0.708. The molecule has 0 fully saturated rings. The molecule has 0 bridgehead atoms. The molecule has 8 heteroatoms. The molecule has 0 saturated carbocycles. The van der Waals surface area contributed by atoms with Gasteiger partial charge in [-0.3, -0.25) is 4.72 Å². The first kappa shape index (κ1) is 14.5. The fourth-order valence-electron chi connectivity index (χ4n) is 1.59. The van der Waals surface area contributed by atoms with E-state index in [1.807, 2.05) is 0 Å². The van der Waals surface area contributed by atoms with E-state index in [2.05, 4.69) is 4.72 Å². The Morgan fingerprint density at radius 3 is 2.40 bits per heavy atom. The second-order valence-corrected chi connectivity index (χ2v) is 5.71. The highest BCUT2D eigenvalue weighted by Crippen LogP contribution is 2.18. The number of halogens is 1. The van der Waals surface area contributed by atoms with Crippen LogP contribution in [0.1, 0.15) is 0 Å². The van der Waals surface area contributed by atoms with Crippen LogP contribution in [-0.2, 0) is 10.0 Å². The van der Waals surface area contributed by atoms with E-state index in [0.717, 1.165) is 12.1 Å². The zero-order valence-electron chi connectivity index (χ0n) is 10.2. The van der Waals surface area contributed by atoms with E-state index < -0.39 is 23.0 Å². The van der Waals surface area contributed by atoms with Gasteiger partial charge in [-0.25, -0.2) is 12.8 Å². The number of rotatable bonds is 4. The van der Waals surface area contributed by atoms with Crippen LogP contribution in [0.4, 0.5) is 10.1 Å². The van der Waals surface area contributed by atoms with Crippen LogP contribution in [0.15, 0.2) is 53.4 Å². The SMILES string of the molecule is O=S(=O)(Nc1ccccc1F)c1cccc(B(O)O)c1. The predicted molar refractivity (Wildman–Crippen MR) is 73.5 cm³/mol. The van der Waals surface area contributed by atoms with Crippen molar-refractivity contribution in [2.75, 3.05) is 4.72 Å². The number of hydrogen-bond acceptors (Lipinski definition) is 4. The van der Waals surface area contributed by atoms with Gasteiger partial charge >= 0.3 is 7.12 Å². The Balaban J connectivity index is 2.36. The Hall–Kier alpha value is -1.90. The molecule has 0 aliphatic rings. The van der Waals surface area contributed by atoms with Crippen molar-refractivity contribution in [1.29, 1.82) is 0 Å².